The van der Waals surface area contributed by atoms with Gasteiger partial charge in [-0.2, -0.15) is 0 Å². The van der Waals surface area contributed by atoms with Crippen molar-refractivity contribution in [1.29, 1.82) is 0 Å². The molecule has 1 atom stereocenters. The minimum Gasteiger partial charge on any atom is -0.387 e. The van der Waals surface area contributed by atoms with Gasteiger partial charge in [0, 0.05) is 30.6 Å². The van der Waals surface area contributed by atoms with Gasteiger partial charge in [-0.05, 0) is 48.2 Å². The van der Waals surface area contributed by atoms with Gasteiger partial charge in [0.05, 0.1) is 5.60 Å². The highest BCUT2D eigenvalue weighted by Crippen LogP contribution is 2.28. The molecule has 1 heterocycles. The van der Waals surface area contributed by atoms with Gasteiger partial charge in [-0.1, -0.05) is 30.3 Å². The first-order chi connectivity index (χ1) is 12.5. The Labute approximate surface area is 152 Å². The lowest BCUT2D eigenvalue weighted by Gasteiger charge is -2.21. The summed E-state index contributed by atoms with van der Waals surface area (Å²) in [6.45, 7) is 1.53. The smallest absolute Gasteiger partial charge is 0.251 e. The zero-order valence-electron chi connectivity index (χ0n) is 14.5. The molecule has 1 unspecified atom stereocenters. The molecule has 1 aliphatic carbocycles. The van der Waals surface area contributed by atoms with Crippen molar-refractivity contribution in [1.82, 2.24) is 10.6 Å². The number of fused-ring (bicyclic) bond motifs is 1. The predicted octanol–water partition coefficient (Wildman–Crippen LogP) is 1.94. The molecule has 1 amide bonds. The second kappa shape index (κ2) is 6.67. The number of hydrogen-bond donors (Lipinski definition) is 3. The molecule has 3 N–H and O–H groups in total. The standard InChI is InChI=1S/C21H22N2O3/c24-19-8-6-17-11-16(5-7-18(17)19)14-1-3-15(4-2-14)20(25)23-13-21(26)9-10-22-12-21/h1-5,7,11,22,26H,6,8-10,12-13H2,(H,23,25). The van der Waals surface area contributed by atoms with Gasteiger partial charge in [0.25, 0.3) is 5.91 Å². The van der Waals surface area contributed by atoms with Crippen molar-refractivity contribution in [2.45, 2.75) is 24.9 Å². The highest BCUT2D eigenvalue weighted by molar-refractivity contribution is 6.01. The Morgan fingerprint density at radius 3 is 2.62 bits per heavy atom. The minimum atomic E-state index is -0.850. The number of aryl methyl sites for hydroxylation is 1. The summed E-state index contributed by atoms with van der Waals surface area (Å²) in [4.78, 5) is 24.0. The number of benzene rings is 2. The van der Waals surface area contributed by atoms with Crippen LogP contribution in [0.15, 0.2) is 42.5 Å². The summed E-state index contributed by atoms with van der Waals surface area (Å²) >= 11 is 0. The fourth-order valence-corrected chi connectivity index (χ4v) is 3.68. The third kappa shape index (κ3) is 3.28. The molecular weight excluding hydrogens is 328 g/mol. The first kappa shape index (κ1) is 16.9. The van der Waals surface area contributed by atoms with E-state index in [9.17, 15) is 14.7 Å². The van der Waals surface area contributed by atoms with Crippen molar-refractivity contribution >= 4 is 11.7 Å². The summed E-state index contributed by atoms with van der Waals surface area (Å²) in [6.07, 6.45) is 2.05. The third-order valence-electron chi connectivity index (χ3n) is 5.31. The average molecular weight is 350 g/mol. The molecule has 0 spiro atoms. The van der Waals surface area contributed by atoms with Crippen LogP contribution in [-0.4, -0.2) is 42.0 Å². The van der Waals surface area contributed by atoms with Crippen molar-refractivity contribution in [3.8, 4) is 11.1 Å². The number of β-amino-alcohol motifs (C(OH)–C–C–N with tert-alkyl or cyclic N) is 1. The Hall–Kier alpha value is -2.50. The maximum Gasteiger partial charge on any atom is 0.251 e. The van der Waals surface area contributed by atoms with Crippen LogP contribution < -0.4 is 10.6 Å². The number of ketones is 1. The molecular formula is C21H22N2O3. The van der Waals surface area contributed by atoms with Gasteiger partial charge >= 0.3 is 0 Å². The van der Waals surface area contributed by atoms with Crippen LogP contribution in [0, 0.1) is 0 Å². The Morgan fingerprint density at radius 2 is 1.88 bits per heavy atom. The van der Waals surface area contributed by atoms with Crippen molar-refractivity contribution < 1.29 is 14.7 Å². The molecule has 0 bridgehead atoms. The number of carbonyl (C=O) groups excluding carboxylic acids is 2. The molecule has 1 saturated heterocycles. The van der Waals surface area contributed by atoms with Gasteiger partial charge < -0.3 is 15.7 Å². The Bertz CT molecular complexity index is 852. The summed E-state index contributed by atoms with van der Waals surface area (Å²) in [7, 11) is 0. The highest BCUT2D eigenvalue weighted by atomic mass is 16.3. The number of hydrogen-bond acceptors (Lipinski definition) is 4. The van der Waals surface area contributed by atoms with E-state index < -0.39 is 5.60 Å². The van der Waals surface area contributed by atoms with Crippen LogP contribution in [0.2, 0.25) is 0 Å². The SMILES string of the molecule is O=C(NCC1(O)CCNC1)c1ccc(-c2ccc3c(c2)CCC3=O)cc1. The molecule has 1 aliphatic heterocycles. The molecule has 2 aromatic rings. The van der Waals surface area contributed by atoms with Gasteiger partial charge in [-0.15, -0.1) is 0 Å². The van der Waals surface area contributed by atoms with E-state index in [-0.39, 0.29) is 18.2 Å². The molecule has 5 nitrogen and oxygen atoms in total. The number of nitrogens with one attached hydrogen (secondary N) is 2. The summed E-state index contributed by atoms with van der Waals surface area (Å²) in [6, 6.07) is 13.3. The van der Waals surface area contributed by atoms with Crippen molar-refractivity contribution in [2.24, 2.45) is 0 Å². The third-order valence-corrected chi connectivity index (χ3v) is 5.31. The normalized spacial score (nSPS) is 21.7. The Morgan fingerprint density at radius 1 is 1.12 bits per heavy atom. The van der Waals surface area contributed by atoms with Crippen LogP contribution in [-0.2, 0) is 6.42 Å². The second-order valence-electron chi connectivity index (χ2n) is 7.21. The van der Waals surface area contributed by atoms with Gasteiger partial charge in [-0.25, -0.2) is 0 Å². The fraction of sp³-hybridized carbons (Fsp3) is 0.333. The summed E-state index contributed by atoms with van der Waals surface area (Å²) in [5, 5.41) is 16.2. The van der Waals surface area contributed by atoms with E-state index in [2.05, 4.69) is 16.7 Å². The first-order valence-electron chi connectivity index (χ1n) is 9.02. The van der Waals surface area contributed by atoms with E-state index in [0.717, 1.165) is 35.2 Å². The van der Waals surface area contributed by atoms with E-state index in [1.165, 1.54) is 0 Å². The molecule has 4 rings (SSSR count). The van der Waals surface area contributed by atoms with Gasteiger partial charge in [0.1, 0.15) is 0 Å². The van der Waals surface area contributed by atoms with Crippen LogP contribution in [0.5, 0.6) is 0 Å². The Balaban J connectivity index is 1.45. The number of Topliss-reactive ketones (excluding diaryl/α,β-unsaturated/α-hetero) is 1. The number of rotatable bonds is 4. The number of aliphatic hydroxyl groups is 1. The summed E-state index contributed by atoms with van der Waals surface area (Å²) < 4.78 is 0. The van der Waals surface area contributed by atoms with Crippen LogP contribution in [0.1, 0.15) is 39.1 Å². The molecule has 0 radical (unpaired) electrons. The molecule has 1 fully saturated rings. The minimum absolute atomic E-state index is 0.184. The zero-order chi connectivity index (χ0) is 18.1. The van der Waals surface area contributed by atoms with Crippen LogP contribution in [0.3, 0.4) is 0 Å². The van der Waals surface area contributed by atoms with E-state index in [4.69, 9.17) is 0 Å². The molecule has 5 heteroatoms. The lowest BCUT2D eigenvalue weighted by Crippen LogP contribution is -2.44. The topological polar surface area (TPSA) is 78.4 Å². The second-order valence-corrected chi connectivity index (χ2v) is 7.21. The lowest BCUT2D eigenvalue weighted by molar-refractivity contribution is 0.0562. The summed E-state index contributed by atoms with van der Waals surface area (Å²) in [5.41, 5.74) is 3.73. The number of carbonyl (C=O) groups is 2. The van der Waals surface area contributed by atoms with E-state index in [1.54, 1.807) is 12.1 Å². The molecule has 0 aromatic heterocycles. The molecule has 2 aromatic carbocycles. The summed E-state index contributed by atoms with van der Waals surface area (Å²) in [5.74, 6) is 0.0362. The van der Waals surface area contributed by atoms with E-state index in [1.807, 2.05) is 24.3 Å². The Kier molecular flexibility index (Phi) is 4.34. The molecule has 2 aliphatic rings. The van der Waals surface area contributed by atoms with Gasteiger partial charge in [0.15, 0.2) is 5.78 Å². The first-order valence-corrected chi connectivity index (χ1v) is 9.02. The van der Waals surface area contributed by atoms with Gasteiger partial charge in [-0.3, -0.25) is 9.59 Å². The fourth-order valence-electron chi connectivity index (χ4n) is 3.68. The highest BCUT2D eigenvalue weighted by Gasteiger charge is 2.31. The molecule has 0 saturated carbocycles. The molecule has 26 heavy (non-hydrogen) atoms. The van der Waals surface area contributed by atoms with Gasteiger partial charge in [0.2, 0.25) is 0 Å². The number of amides is 1. The lowest BCUT2D eigenvalue weighted by atomic mass is 9.99. The van der Waals surface area contributed by atoms with Crippen LogP contribution in [0.4, 0.5) is 0 Å². The van der Waals surface area contributed by atoms with Crippen LogP contribution in [0.25, 0.3) is 11.1 Å². The van der Waals surface area contributed by atoms with Crippen molar-refractivity contribution in [2.75, 3.05) is 19.6 Å². The van der Waals surface area contributed by atoms with Crippen molar-refractivity contribution in [3.63, 3.8) is 0 Å². The van der Waals surface area contributed by atoms with Crippen LogP contribution >= 0.6 is 0 Å². The molecule has 134 valence electrons. The maximum atomic E-state index is 12.3. The largest absolute Gasteiger partial charge is 0.387 e. The predicted molar refractivity (Wildman–Crippen MR) is 99.3 cm³/mol. The average Bonchev–Trinajstić information content (AvgIpc) is 3.26. The van der Waals surface area contributed by atoms with E-state index >= 15 is 0 Å². The monoisotopic (exact) mass is 350 g/mol. The van der Waals surface area contributed by atoms with Crippen molar-refractivity contribution in [3.05, 3.63) is 59.2 Å². The zero-order valence-corrected chi connectivity index (χ0v) is 14.5. The quantitative estimate of drug-likeness (QED) is 0.787. The maximum absolute atomic E-state index is 12.3. The van der Waals surface area contributed by atoms with E-state index in [0.29, 0.717) is 24.9 Å².